The molecule has 6 heteroatoms. The SMILES string of the molecule is CN1C(=C2SC(=Nc3ccc(-c4ccccc4)cc3)N(Cc3ccccc3)C2=O)Sc2ccccc21. The van der Waals surface area contributed by atoms with E-state index in [2.05, 4.69) is 41.3 Å². The van der Waals surface area contributed by atoms with Crippen molar-refractivity contribution >= 4 is 46.0 Å². The number of anilines is 1. The van der Waals surface area contributed by atoms with Crippen molar-refractivity contribution in [3.63, 3.8) is 0 Å². The summed E-state index contributed by atoms with van der Waals surface area (Å²) in [5.41, 5.74) is 5.32. The summed E-state index contributed by atoms with van der Waals surface area (Å²) in [5, 5.41) is 1.65. The van der Waals surface area contributed by atoms with E-state index in [1.807, 2.05) is 79.8 Å². The minimum atomic E-state index is -0.00864. The molecule has 4 nitrogen and oxygen atoms in total. The van der Waals surface area contributed by atoms with Crippen molar-refractivity contribution in [2.75, 3.05) is 11.9 Å². The second-order valence-corrected chi connectivity index (χ2v) is 10.6. The first-order valence-electron chi connectivity index (χ1n) is 11.7. The van der Waals surface area contributed by atoms with Gasteiger partial charge in [0.25, 0.3) is 5.91 Å². The summed E-state index contributed by atoms with van der Waals surface area (Å²) in [6.07, 6.45) is 0. The van der Waals surface area contributed by atoms with Crippen LogP contribution < -0.4 is 4.90 Å². The number of hydrogen-bond donors (Lipinski definition) is 0. The number of thioether (sulfide) groups is 2. The van der Waals surface area contributed by atoms with Crippen molar-refractivity contribution < 1.29 is 4.79 Å². The number of carbonyl (C=O) groups excluding carboxylic acids is 1. The molecule has 0 N–H and O–H groups in total. The van der Waals surface area contributed by atoms with Crippen LogP contribution in [0.2, 0.25) is 0 Å². The van der Waals surface area contributed by atoms with E-state index < -0.39 is 0 Å². The van der Waals surface area contributed by atoms with Gasteiger partial charge in [-0.15, -0.1) is 0 Å². The summed E-state index contributed by atoms with van der Waals surface area (Å²) in [4.78, 5) is 24.5. The smallest absolute Gasteiger partial charge is 0.269 e. The van der Waals surface area contributed by atoms with E-state index in [0.717, 1.165) is 32.4 Å². The molecule has 0 unspecified atom stereocenters. The van der Waals surface area contributed by atoms with E-state index in [9.17, 15) is 4.79 Å². The Morgan fingerprint density at radius 3 is 2.08 bits per heavy atom. The van der Waals surface area contributed by atoms with Gasteiger partial charge in [0.2, 0.25) is 0 Å². The van der Waals surface area contributed by atoms with Gasteiger partial charge >= 0.3 is 0 Å². The fourth-order valence-electron chi connectivity index (χ4n) is 4.29. The Labute approximate surface area is 219 Å². The highest BCUT2D eigenvalue weighted by atomic mass is 32.2. The number of para-hydroxylation sites is 1. The van der Waals surface area contributed by atoms with Crippen molar-refractivity contribution in [3.05, 3.63) is 125 Å². The minimum absolute atomic E-state index is 0.00864. The van der Waals surface area contributed by atoms with E-state index in [1.54, 1.807) is 16.7 Å². The summed E-state index contributed by atoms with van der Waals surface area (Å²) in [5.74, 6) is -0.00864. The van der Waals surface area contributed by atoms with Crippen LogP contribution in [0.5, 0.6) is 0 Å². The van der Waals surface area contributed by atoms with Gasteiger partial charge in [0.05, 0.1) is 22.9 Å². The summed E-state index contributed by atoms with van der Waals surface area (Å²) in [6.45, 7) is 0.478. The van der Waals surface area contributed by atoms with Gasteiger partial charge < -0.3 is 4.90 Å². The van der Waals surface area contributed by atoms with Crippen molar-refractivity contribution in [2.24, 2.45) is 4.99 Å². The van der Waals surface area contributed by atoms with Gasteiger partial charge in [0.1, 0.15) is 4.91 Å². The van der Waals surface area contributed by atoms with E-state index in [0.29, 0.717) is 16.6 Å². The average Bonchev–Trinajstić information content (AvgIpc) is 3.42. The van der Waals surface area contributed by atoms with Gasteiger partial charge in [-0.05, 0) is 52.7 Å². The maximum atomic E-state index is 13.8. The van der Waals surface area contributed by atoms with Crippen LogP contribution in [-0.4, -0.2) is 23.0 Å². The molecule has 2 heterocycles. The van der Waals surface area contributed by atoms with Crippen LogP contribution in [0.15, 0.2) is 129 Å². The molecule has 4 aromatic carbocycles. The van der Waals surface area contributed by atoms with Crippen molar-refractivity contribution in [1.29, 1.82) is 0 Å². The molecule has 2 aliphatic rings. The summed E-state index contributed by atoms with van der Waals surface area (Å²) in [7, 11) is 2.02. The first-order valence-corrected chi connectivity index (χ1v) is 13.3. The Morgan fingerprint density at radius 1 is 0.722 bits per heavy atom. The lowest BCUT2D eigenvalue weighted by Crippen LogP contribution is -2.29. The zero-order valence-corrected chi connectivity index (χ0v) is 21.3. The van der Waals surface area contributed by atoms with Crippen LogP contribution in [0, 0.1) is 0 Å². The third-order valence-electron chi connectivity index (χ3n) is 6.18. The number of amidine groups is 1. The van der Waals surface area contributed by atoms with Gasteiger partial charge in [-0.25, -0.2) is 4.99 Å². The van der Waals surface area contributed by atoms with Crippen LogP contribution in [0.4, 0.5) is 11.4 Å². The summed E-state index contributed by atoms with van der Waals surface area (Å²) >= 11 is 3.10. The molecule has 1 saturated heterocycles. The van der Waals surface area contributed by atoms with E-state index in [4.69, 9.17) is 4.99 Å². The van der Waals surface area contributed by atoms with E-state index in [-0.39, 0.29) is 5.91 Å². The zero-order chi connectivity index (χ0) is 24.5. The molecule has 2 aliphatic heterocycles. The lowest BCUT2D eigenvalue weighted by Gasteiger charge is -2.17. The highest BCUT2D eigenvalue weighted by Crippen LogP contribution is 2.50. The number of fused-ring (bicyclic) bond motifs is 1. The third kappa shape index (κ3) is 4.34. The Morgan fingerprint density at radius 2 is 1.36 bits per heavy atom. The van der Waals surface area contributed by atoms with Crippen molar-refractivity contribution in [1.82, 2.24) is 4.90 Å². The van der Waals surface area contributed by atoms with Gasteiger partial charge in [0, 0.05) is 11.9 Å². The molecule has 176 valence electrons. The highest BCUT2D eigenvalue weighted by Gasteiger charge is 2.39. The standard InChI is InChI=1S/C30H23N3OS2/c1-32-25-14-8-9-15-26(25)35-29(32)27-28(34)33(20-21-10-4-2-5-11-21)30(36-27)31-24-18-16-23(17-19-24)22-12-6-3-7-13-22/h2-19H,20H2,1H3. The average molecular weight is 506 g/mol. The predicted molar refractivity (Wildman–Crippen MR) is 151 cm³/mol. The summed E-state index contributed by atoms with van der Waals surface area (Å²) in [6, 6.07) is 36.8. The van der Waals surface area contributed by atoms with Crippen molar-refractivity contribution in [2.45, 2.75) is 11.4 Å². The lowest BCUT2D eigenvalue weighted by molar-refractivity contribution is -0.122. The molecule has 0 bridgehead atoms. The molecular weight excluding hydrogens is 482 g/mol. The number of hydrogen-bond acceptors (Lipinski definition) is 5. The quantitative estimate of drug-likeness (QED) is 0.269. The third-order valence-corrected chi connectivity index (χ3v) is 8.61. The predicted octanol–water partition coefficient (Wildman–Crippen LogP) is 7.53. The maximum Gasteiger partial charge on any atom is 0.269 e. The molecule has 0 atom stereocenters. The molecule has 1 fully saturated rings. The Hall–Kier alpha value is -3.74. The second-order valence-electron chi connectivity index (χ2n) is 8.55. The molecule has 6 rings (SSSR count). The Bertz CT molecular complexity index is 1480. The zero-order valence-electron chi connectivity index (χ0n) is 19.7. The molecule has 0 saturated carbocycles. The molecule has 36 heavy (non-hydrogen) atoms. The largest absolute Gasteiger partial charge is 0.337 e. The maximum absolute atomic E-state index is 13.8. The first-order chi connectivity index (χ1) is 17.7. The number of carbonyl (C=O) groups is 1. The van der Waals surface area contributed by atoms with Gasteiger partial charge in [-0.2, -0.15) is 0 Å². The molecule has 0 aromatic heterocycles. The van der Waals surface area contributed by atoms with Crippen LogP contribution in [0.25, 0.3) is 11.1 Å². The molecule has 1 amide bonds. The number of nitrogens with zero attached hydrogens (tertiary/aromatic N) is 3. The van der Waals surface area contributed by atoms with Crippen LogP contribution >= 0.6 is 23.5 Å². The first kappa shape index (κ1) is 22.7. The Kier molecular flexibility index (Phi) is 6.13. The van der Waals surface area contributed by atoms with Crippen LogP contribution in [-0.2, 0) is 11.3 Å². The number of aliphatic imine (C=N–C) groups is 1. The minimum Gasteiger partial charge on any atom is -0.337 e. The molecule has 0 spiro atoms. The van der Waals surface area contributed by atoms with Crippen LogP contribution in [0.1, 0.15) is 5.56 Å². The van der Waals surface area contributed by atoms with E-state index >= 15 is 0 Å². The number of amides is 1. The second kappa shape index (κ2) is 9.72. The Balaban J connectivity index is 1.36. The van der Waals surface area contributed by atoms with Crippen molar-refractivity contribution in [3.8, 4) is 11.1 Å². The molecule has 4 aromatic rings. The van der Waals surface area contributed by atoms with Gasteiger partial charge in [-0.3, -0.25) is 9.69 Å². The highest BCUT2D eigenvalue weighted by molar-refractivity contribution is 8.19. The molecular formula is C30H23N3OS2. The monoisotopic (exact) mass is 505 g/mol. The van der Waals surface area contributed by atoms with Gasteiger partial charge in [-0.1, -0.05) is 96.7 Å². The number of benzene rings is 4. The fourth-order valence-corrected chi connectivity index (χ4v) is 6.64. The lowest BCUT2D eigenvalue weighted by atomic mass is 10.1. The summed E-state index contributed by atoms with van der Waals surface area (Å²) < 4.78 is 0. The number of rotatable bonds is 4. The van der Waals surface area contributed by atoms with Gasteiger partial charge in [0.15, 0.2) is 5.17 Å². The van der Waals surface area contributed by atoms with E-state index in [1.165, 1.54) is 17.3 Å². The molecule has 0 aliphatic carbocycles. The normalized spacial score (nSPS) is 18.2. The molecule has 0 radical (unpaired) electrons. The van der Waals surface area contributed by atoms with Crippen LogP contribution in [0.3, 0.4) is 0 Å². The topological polar surface area (TPSA) is 35.9 Å². The fraction of sp³-hybridized carbons (Fsp3) is 0.0667.